The van der Waals surface area contributed by atoms with Crippen LogP contribution in [0.4, 0.5) is 5.69 Å². The van der Waals surface area contributed by atoms with E-state index in [4.69, 9.17) is 5.14 Å². The molecular weight excluding hydrogens is 266 g/mol. The third kappa shape index (κ3) is 5.37. The number of hydrogen-bond donors (Lipinski definition) is 3. The van der Waals surface area contributed by atoms with Crippen molar-refractivity contribution in [2.75, 3.05) is 11.9 Å². The van der Waals surface area contributed by atoms with Crippen molar-refractivity contribution < 1.29 is 18.5 Å². The molecule has 0 saturated carbocycles. The lowest BCUT2D eigenvalue weighted by atomic mass is 10.2. The molecule has 0 aliphatic rings. The summed E-state index contributed by atoms with van der Waals surface area (Å²) in [6, 6.07) is 6.16. The highest BCUT2D eigenvalue weighted by Crippen LogP contribution is 2.12. The molecule has 0 spiro atoms. The SMILES string of the molecule is CC[C@H](C)[NH2+]CC(=O)Nc1ccc(S(N)(=O)=O)cc1. The van der Waals surface area contributed by atoms with Gasteiger partial charge in [-0.3, -0.25) is 4.79 Å². The van der Waals surface area contributed by atoms with Gasteiger partial charge in [-0.2, -0.15) is 0 Å². The zero-order valence-corrected chi connectivity index (χ0v) is 11.9. The molecule has 1 atom stereocenters. The van der Waals surface area contributed by atoms with Crippen molar-refractivity contribution in [3.8, 4) is 0 Å². The fraction of sp³-hybridized carbons (Fsp3) is 0.417. The smallest absolute Gasteiger partial charge is 0.279 e. The van der Waals surface area contributed by atoms with Gasteiger partial charge in [0.15, 0.2) is 6.54 Å². The molecule has 0 fully saturated rings. The molecule has 5 N–H and O–H groups in total. The quantitative estimate of drug-likeness (QED) is 0.664. The van der Waals surface area contributed by atoms with Crippen LogP contribution in [0.5, 0.6) is 0 Å². The van der Waals surface area contributed by atoms with E-state index in [2.05, 4.69) is 12.2 Å². The van der Waals surface area contributed by atoms with Gasteiger partial charge in [0.05, 0.1) is 10.9 Å². The molecule has 1 aromatic rings. The number of quaternary nitrogens is 1. The first-order chi connectivity index (χ1) is 8.82. The highest BCUT2D eigenvalue weighted by Gasteiger charge is 2.10. The van der Waals surface area contributed by atoms with Crippen LogP contribution < -0.4 is 15.8 Å². The van der Waals surface area contributed by atoms with E-state index >= 15 is 0 Å². The van der Waals surface area contributed by atoms with E-state index in [1.165, 1.54) is 24.3 Å². The third-order valence-corrected chi connectivity index (χ3v) is 3.75. The number of carbonyl (C=O) groups is 1. The maximum atomic E-state index is 11.6. The number of amides is 1. The predicted octanol–water partition coefficient (Wildman–Crippen LogP) is -0.366. The highest BCUT2D eigenvalue weighted by atomic mass is 32.2. The first-order valence-electron chi connectivity index (χ1n) is 6.09. The molecule has 7 heteroatoms. The van der Waals surface area contributed by atoms with Gasteiger partial charge in [0.1, 0.15) is 0 Å². The molecule has 0 aliphatic heterocycles. The second-order valence-electron chi connectivity index (χ2n) is 4.44. The Morgan fingerprint density at radius 3 is 2.42 bits per heavy atom. The molecular formula is C12H20N3O3S+. The maximum absolute atomic E-state index is 11.6. The number of nitrogens with two attached hydrogens (primary N) is 2. The number of benzene rings is 1. The summed E-state index contributed by atoms with van der Waals surface area (Å²) in [6.07, 6.45) is 0.996. The van der Waals surface area contributed by atoms with Gasteiger partial charge in [-0.25, -0.2) is 13.6 Å². The van der Waals surface area contributed by atoms with Gasteiger partial charge in [0.25, 0.3) is 5.91 Å². The molecule has 1 aromatic carbocycles. The molecule has 0 saturated heterocycles. The summed E-state index contributed by atoms with van der Waals surface area (Å²) < 4.78 is 22.1. The van der Waals surface area contributed by atoms with E-state index < -0.39 is 10.0 Å². The Kier molecular flexibility index (Phi) is 5.46. The van der Waals surface area contributed by atoms with E-state index in [1.807, 2.05) is 12.2 Å². The molecule has 0 radical (unpaired) electrons. The molecule has 1 rings (SSSR count). The van der Waals surface area contributed by atoms with Gasteiger partial charge < -0.3 is 10.6 Å². The van der Waals surface area contributed by atoms with Crippen LogP contribution in [-0.4, -0.2) is 26.9 Å². The van der Waals surface area contributed by atoms with E-state index in [1.54, 1.807) is 0 Å². The zero-order chi connectivity index (χ0) is 14.5. The molecule has 6 nitrogen and oxygen atoms in total. The van der Waals surface area contributed by atoms with Gasteiger partial charge in [0.2, 0.25) is 10.0 Å². The molecule has 0 bridgehead atoms. The van der Waals surface area contributed by atoms with Crippen LogP contribution >= 0.6 is 0 Å². The van der Waals surface area contributed by atoms with Crippen LogP contribution in [0.3, 0.4) is 0 Å². The van der Waals surface area contributed by atoms with Gasteiger partial charge in [0, 0.05) is 5.69 Å². The molecule has 19 heavy (non-hydrogen) atoms. The second kappa shape index (κ2) is 6.65. The number of rotatable bonds is 6. The van der Waals surface area contributed by atoms with Gasteiger partial charge >= 0.3 is 0 Å². The number of primary sulfonamides is 1. The largest absolute Gasteiger partial charge is 0.336 e. The first kappa shape index (κ1) is 15.6. The fourth-order valence-corrected chi connectivity index (χ4v) is 1.93. The van der Waals surface area contributed by atoms with Crippen LogP contribution in [0.1, 0.15) is 20.3 Å². The van der Waals surface area contributed by atoms with Crippen molar-refractivity contribution in [1.82, 2.24) is 0 Å². The summed E-state index contributed by atoms with van der Waals surface area (Å²) in [6.45, 7) is 4.45. The molecule has 0 aromatic heterocycles. The monoisotopic (exact) mass is 286 g/mol. The molecule has 106 valence electrons. The van der Waals surface area contributed by atoms with Crippen LogP contribution in [0.15, 0.2) is 29.2 Å². The Morgan fingerprint density at radius 2 is 1.95 bits per heavy atom. The summed E-state index contributed by atoms with van der Waals surface area (Å²) in [5, 5.41) is 9.63. The standard InChI is InChI=1S/C12H19N3O3S/c1-3-9(2)14-8-12(16)15-10-4-6-11(7-5-10)19(13,17)18/h4-7,9,14H,3,8H2,1-2H3,(H,15,16)(H2,13,17,18)/p+1/t9-/m0/s1. The average molecular weight is 286 g/mol. The van der Waals surface area contributed by atoms with Crippen molar-refractivity contribution in [1.29, 1.82) is 0 Å². The van der Waals surface area contributed by atoms with E-state index in [-0.39, 0.29) is 10.8 Å². The maximum Gasteiger partial charge on any atom is 0.279 e. The van der Waals surface area contributed by atoms with Crippen molar-refractivity contribution >= 4 is 21.6 Å². The average Bonchev–Trinajstić information content (AvgIpc) is 2.35. The van der Waals surface area contributed by atoms with E-state index in [0.717, 1.165) is 6.42 Å². The molecule has 0 unspecified atom stereocenters. The molecule has 1 amide bonds. The Labute approximate surface area is 113 Å². The van der Waals surface area contributed by atoms with Crippen LogP contribution in [0.25, 0.3) is 0 Å². The molecule has 0 heterocycles. The number of carbonyl (C=O) groups excluding carboxylic acids is 1. The topological polar surface area (TPSA) is 106 Å². The van der Waals surface area contributed by atoms with Crippen LogP contribution in [0, 0.1) is 0 Å². The highest BCUT2D eigenvalue weighted by molar-refractivity contribution is 7.89. The van der Waals surface area contributed by atoms with Crippen molar-refractivity contribution in [2.24, 2.45) is 5.14 Å². The summed E-state index contributed by atoms with van der Waals surface area (Å²) in [5.74, 6) is -0.122. The van der Waals surface area contributed by atoms with E-state index in [0.29, 0.717) is 18.3 Å². The van der Waals surface area contributed by atoms with Gasteiger partial charge in [-0.1, -0.05) is 6.92 Å². The van der Waals surface area contributed by atoms with Crippen LogP contribution in [-0.2, 0) is 14.8 Å². The van der Waals surface area contributed by atoms with Gasteiger partial charge in [-0.15, -0.1) is 0 Å². The summed E-state index contributed by atoms with van der Waals surface area (Å²) >= 11 is 0. The summed E-state index contributed by atoms with van der Waals surface area (Å²) in [5.41, 5.74) is 0.551. The Hall–Kier alpha value is -1.44. The minimum absolute atomic E-state index is 0.0247. The van der Waals surface area contributed by atoms with Crippen molar-refractivity contribution in [3.63, 3.8) is 0 Å². The lowest BCUT2D eigenvalue weighted by Crippen LogP contribution is -2.90. The second-order valence-corrected chi connectivity index (χ2v) is 6.00. The normalized spacial score (nSPS) is 13.0. The zero-order valence-electron chi connectivity index (χ0n) is 11.1. The number of hydrogen-bond acceptors (Lipinski definition) is 3. The molecule has 0 aliphatic carbocycles. The van der Waals surface area contributed by atoms with Gasteiger partial charge in [-0.05, 0) is 37.6 Å². The number of nitrogens with one attached hydrogen (secondary N) is 1. The Morgan fingerprint density at radius 1 is 1.37 bits per heavy atom. The van der Waals surface area contributed by atoms with Crippen molar-refractivity contribution in [3.05, 3.63) is 24.3 Å². The summed E-state index contributed by atoms with van der Waals surface area (Å²) in [7, 11) is -3.69. The third-order valence-electron chi connectivity index (χ3n) is 2.82. The van der Waals surface area contributed by atoms with Crippen molar-refractivity contribution in [2.45, 2.75) is 31.2 Å². The lowest BCUT2D eigenvalue weighted by molar-refractivity contribution is -0.675. The first-order valence-corrected chi connectivity index (χ1v) is 7.63. The minimum atomic E-state index is -3.69. The fourth-order valence-electron chi connectivity index (χ4n) is 1.41. The lowest BCUT2D eigenvalue weighted by Gasteiger charge is -2.08. The Balaban J connectivity index is 2.56. The van der Waals surface area contributed by atoms with E-state index in [9.17, 15) is 13.2 Å². The Bertz CT molecular complexity index is 526. The number of sulfonamides is 1. The summed E-state index contributed by atoms with van der Waals surface area (Å²) in [4.78, 5) is 11.7. The predicted molar refractivity (Wildman–Crippen MR) is 73.0 cm³/mol. The minimum Gasteiger partial charge on any atom is -0.336 e. The van der Waals surface area contributed by atoms with Crippen LogP contribution in [0.2, 0.25) is 0 Å². The number of anilines is 1.